The molecule has 3 heterocycles. The van der Waals surface area contributed by atoms with E-state index in [1.807, 2.05) is 63.4 Å². The number of hydrogen-bond donors (Lipinski definition) is 0. The van der Waals surface area contributed by atoms with Crippen LogP contribution in [0.4, 0.5) is 4.39 Å². The van der Waals surface area contributed by atoms with Crippen molar-refractivity contribution in [1.29, 1.82) is 0 Å². The summed E-state index contributed by atoms with van der Waals surface area (Å²) in [6, 6.07) is 39.3. The Balaban J connectivity index is 0.000000241. The molecule has 0 amide bonds. The normalized spacial score (nSPS) is 12.5. The third-order valence-corrected chi connectivity index (χ3v) is 13.2. The van der Waals surface area contributed by atoms with Crippen molar-refractivity contribution in [2.75, 3.05) is 0 Å². The molecular formula is C42H39FGeIrN2S-2. The molecule has 7 aromatic rings. The van der Waals surface area contributed by atoms with Gasteiger partial charge in [0.15, 0.2) is 0 Å². The van der Waals surface area contributed by atoms with E-state index in [1.165, 1.54) is 16.5 Å². The van der Waals surface area contributed by atoms with Gasteiger partial charge in [-0.25, -0.2) is 4.39 Å². The van der Waals surface area contributed by atoms with E-state index in [1.54, 1.807) is 35.7 Å². The number of hydrogen-bond acceptors (Lipinski definition) is 3. The number of rotatable bonds is 5. The predicted octanol–water partition coefficient (Wildman–Crippen LogP) is 11.4. The molecule has 6 heteroatoms. The van der Waals surface area contributed by atoms with Gasteiger partial charge in [0.05, 0.1) is 0 Å². The molecule has 245 valence electrons. The van der Waals surface area contributed by atoms with Crippen molar-refractivity contribution in [3.8, 4) is 33.6 Å². The fraction of sp³-hybridized carbons (Fsp3) is 0.190. The van der Waals surface area contributed by atoms with Gasteiger partial charge in [-0.1, -0.05) is 62.1 Å². The quantitative estimate of drug-likeness (QED) is 0.127. The van der Waals surface area contributed by atoms with Crippen LogP contribution in [0.5, 0.6) is 0 Å². The molecular weight excluding hydrogens is 848 g/mol. The number of aromatic nitrogens is 2. The first-order valence-electron chi connectivity index (χ1n) is 16.8. The molecule has 0 bridgehead atoms. The zero-order valence-electron chi connectivity index (χ0n) is 30.0. The number of benzene rings is 4. The summed E-state index contributed by atoms with van der Waals surface area (Å²) in [7, 11) is 0. The fourth-order valence-electron chi connectivity index (χ4n) is 5.38. The van der Waals surface area contributed by atoms with Gasteiger partial charge in [-0.2, -0.15) is 11.3 Å². The van der Waals surface area contributed by atoms with Crippen LogP contribution in [0.25, 0.3) is 53.8 Å². The van der Waals surface area contributed by atoms with Crippen LogP contribution in [0.15, 0.2) is 116 Å². The van der Waals surface area contributed by atoms with E-state index >= 15 is 0 Å². The minimum atomic E-state index is -1.72. The molecule has 7 rings (SSSR count). The van der Waals surface area contributed by atoms with Crippen LogP contribution >= 0.6 is 11.3 Å². The van der Waals surface area contributed by atoms with Crippen LogP contribution in [-0.4, -0.2) is 23.2 Å². The topological polar surface area (TPSA) is 25.8 Å². The number of halogens is 1. The second-order valence-electron chi connectivity index (χ2n) is 13.7. The summed E-state index contributed by atoms with van der Waals surface area (Å²) in [6.07, 6.45) is 2.22. The van der Waals surface area contributed by atoms with Crippen LogP contribution in [-0.2, 0) is 26.5 Å². The van der Waals surface area contributed by atoms with Gasteiger partial charge >= 0.3 is 99.8 Å². The van der Waals surface area contributed by atoms with Crippen LogP contribution in [0, 0.1) is 23.4 Å². The maximum Gasteiger partial charge on any atom is 0 e. The second-order valence-corrected chi connectivity index (χ2v) is 25.4. The first-order valence-corrected chi connectivity index (χ1v) is 23.9. The number of thiophene rings is 1. The van der Waals surface area contributed by atoms with Gasteiger partial charge in [-0.15, -0.1) is 23.8 Å². The summed E-state index contributed by atoms with van der Waals surface area (Å²) >= 11 is -0.0410. The minimum absolute atomic E-state index is 0. The molecule has 0 aliphatic carbocycles. The summed E-state index contributed by atoms with van der Waals surface area (Å²) in [6.45, 7) is 5.72. The van der Waals surface area contributed by atoms with Gasteiger partial charge < -0.3 is 4.98 Å². The number of pyridine rings is 2. The van der Waals surface area contributed by atoms with Crippen molar-refractivity contribution < 1.29 is 27.2 Å². The van der Waals surface area contributed by atoms with Gasteiger partial charge in [-0.3, -0.25) is 0 Å². The third kappa shape index (κ3) is 8.56. The molecule has 1 radical (unpaired) electrons. The van der Waals surface area contributed by atoms with Gasteiger partial charge in [0.25, 0.3) is 0 Å². The fourth-order valence-corrected chi connectivity index (χ4v) is 8.80. The van der Waals surface area contributed by atoms with Crippen LogP contribution < -0.4 is 4.40 Å². The van der Waals surface area contributed by atoms with Crippen LogP contribution in [0.2, 0.25) is 17.3 Å². The molecule has 3 aromatic heterocycles. The van der Waals surface area contributed by atoms with E-state index in [-0.39, 0.29) is 25.9 Å². The van der Waals surface area contributed by atoms with Gasteiger partial charge in [0.1, 0.15) is 5.82 Å². The zero-order valence-corrected chi connectivity index (χ0v) is 33.3. The molecule has 0 spiro atoms. The Hall–Kier alpha value is -3.48. The number of fused-ring (bicyclic) bond motifs is 3. The molecule has 0 saturated heterocycles. The molecule has 0 N–H and O–H groups in total. The number of nitrogens with zero attached hydrogens (tertiary/aromatic N) is 2. The summed E-state index contributed by atoms with van der Waals surface area (Å²) in [4.78, 5) is 9.10. The van der Waals surface area contributed by atoms with E-state index in [4.69, 9.17) is 2.74 Å². The molecule has 0 fully saturated rings. The first kappa shape index (κ1) is 33.0. The van der Waals surface area contributed by atoms with E-state index in [0.29, 0.717) is 5.56 Å². The molecule has 0 unspecified atom stereocenters. The van der Waals surface area contributed by atoms with E-state index in [0.717, 1.165) is 53.8 Å². The molecule has 48 heavy (non-hydrogen) atoms. The molecule has 0 saturated carbocycles. The minimum Gasteiger partial charge on any atom is 0 e. The molecule has 4 aromatic carbocycles. The maximum atomic E-state index is 13.3. The summed E-state index contributed by atoms with van der Waals surface area (Å²) in [5.74, 6) is 6.90. The molecule has 2 nitrogen and oxygen atoms in total. The Morgan fingerprint density at radius 3 is 2.23 bits per heavy atom. The van der Waals surface area contributed by atoms with Gasteiger partial charge in [0.2, 0.25) is 0 Å². The Labute approximate surface area is 307 Å². The average molecular weight is 890 g/mol. The van der Waals surface area contributed by atoms with E-state index < -0.39 is 25.1 Å². The zero-order chi connectivity index (χ0) is 35.0. The maximum absolute atomic E-state index is 13.3. The van der Waals surface area contributed by atoms with Crippen molar-refractivity contribution in [2.24, 2.45) is 5.41 Å². The van der Waals surface area contributed by atoms with Crippen LogP contribution in [0.3, 0.4) is 0 Å². The van der Waals surface area contributed by atoms with Crippen molar-refractivity contribution in [2.45, 2.75) is 44.4 Å². The van der Waals surface area contributed by atoms with Crippen molar-refractivity contribution >= 4 is 49.2 Å². The Kier molecular flexibility index (Phi) is 10.3. The Morgan fingerprint density at radius 1 is 0.792 bits per heavy atom. The predicted molar refractivity (Wildman–Crippen MR) is 201 cm³/mol. The Bertz CT molecular complexity index is 2220. The smallest absolute Gasteiger partial charge is 0 e. The third-order valence-electron chi connectivity index (χ3n) is 7.76. The summed E-state index contributed by atoms with van der Waals surface area (Å²) in [5, 5.41) is 2.28. The largest absolute Gasteiger partial charge is 0 e. The second kappa shape index (κ2) is 15.0. The van der Waals surface area contributed by atoms with Crippen molar-refractivity contribution in [3.05, 3.63) is 139 Å². The SMILES string of the molecule is [2H]C([2H])(c1ccnc(-c2[c-]ccc3c2sc2cc(-c4ccc(F)cc4)ccc23)c1)C(C)(C)C.[CH3][Ge]([CH3])([CH3])[c]1ccc(-c2[c-]cccc2)nc1.[Ir]. The molecule has 0 aliphatic heterocycles. The standard InChI is InChI=1S/C28H23FNS.C14H16GeN.Ir/c1-28(2,3)17-18-13-14-30-25(15-18)24-6-4-5-23-22-12-9-20(16-26(22)31-27(23)24)19-7-10-21(29)11-8-19;1-15(2,3)13-9-10-14(16-11-13)12-7-5-4-6-8-12;/h4-5,7-16H,17H2,1-3H3;4-7,9-11H,1-3H3;/q2*-1;/i17D2;;. The Morgan fingerprint density at radius 2 is 1.56 bits per heavy atom. The molecule has 0 aliphatic rings. The molecule has 0 atom stereocenters. The van der Waals surface area contributed by atoms with Gasteiger partial charge in [-0.05, 0) is 63.0 Å². The monoisotopic (exact) mass is 891 g/mol. The van der Waals surface area contributed by atoms with Crippen molar-refractivity contribution in [1.82, 2.24) is 9.97 Å². The van der Waals surface area contributed by atoms with Crippen molar-refractivity contribution in [3.63, 3.8) is 0 Å². The average Bonchev–Trinajstić information content (AvgIpc) is 3.47. The van der Waals surface area contributed by atoms with E-state index in [9.17, 15) is 4.39 Å². The first-order chi connectivity index (χ1) is 23.2. The van der Waals surface area contributed by atoms with Crippen LogP contribution in [0.1, 0.15) is 29.1 Å². The van der Waals surface area contributed by atoms with Gasteiger partial charge in [0, 0.05) is 33.7 Å². The summed E-state index contributed by atoms with van der Waals surface area (Å²) < 4.78 is 34.3. The summed E-state index contributed by atoms with van der Waals surface area (Å²) in [5.41, 5.74) is 5.76. The van der Waals surface area contributed by atoms with E-state index in [2.05, 4.69) is 75.8 Å².